The Bertz CT molecular complexity index is 2400. The van der Waals surface area contributed by atoms with Crippen LogP contribution >= 0.6 is 0 Å². The number of hydrogen-bond acceptors (Lipinski definition) is 6. The minimum Gasteiger partial charge on any atom is -0.457 e. The van der Waals surface area contributed by atoms with Crippen molar-refractivity contribution >= 4 is 21.2 Å². The average molecular weight is 857 g/mol. The first-order valence-corrected chi connectivity index (χ1v) is 18.0. The summed E-state index contributed by atoms with van der Waals surface area (Å²) in [7, 11) is -4.98. The number of nitrogens with two attached hydrogens (primary N) is 2. The molecule has 4 N–H and O–H groups in total. The monoisotopic (exact) mass is 856 g/mol. The van der Waals surface area contributed by atoms with E-state index in [4.69, 9.17) is 20.9 Å². The van der Waals surface area contributed by atoms with Crippen molar-refractivity contribution < 1.29 is 70.6 Å². The first-order valence-electron chi connectivity index (χ1n) is 16.5. The second-order valence-electron chi connectivity index (χ2n) is 12.8. The number of hydrogen-bond donors (Lipinski definition) is 2. The largest absolute Gasteiger partial charge is 0.457 e. The molecule has 0 aliphatic rings. The number of halogens is 12. The minimum atomic E-state index is -5.31. The number of rotatable bonds is 8. The second-order valence-corrected chi connectivity index (χ2v) is 14.7. The fourth-order valence-electron chi connectivity index (χ4n) is 5.66. The van der Waals surface area contributed by atoms with Gasteiger partial charge in [0.05, 0.1) is 32.0 Å². The molecule has 6 rings (SSSR count). The summed E-state index contributed by atoms with van der Waals surface area (Å²) >= 11 is 0. The van der Waals surface area contributed by atoms with Crippen LogP contribution in [-0.2, 0) is 34.5 Å². The summed E-state index contributed by atoms with van der Waals surface area (Å²) in [5, 5.41) is 0. The Labute approximate surface area is 326 Å². The van der Waals surface area contributed by atoms with Crippen LogP contribution in [0.2, 0.25) is 0 Å². The summed E-state index contributed by atoms with van der Waals surface area (Å²) in [5.41, 5.74) is 2.18. The van der Waals surface area contributed by atoms with Gasteiger partial charge in [0.25, 0.3) is 0 Å². The molecule has 0 unspecified atom stereocenters. The van der Waals surface area contributed by atoms with Gasteiger partial charge in [0, 0.05) is 22.5 Å². The quantitative estimate of drug-likeness (QED) is 0.117. The maximum atomic E-state index is 14.3. The Kier molecular flexibility index (Phi) is 10.8. The topological polar surface area (TPSA) is 105 Å². The van der Waals surface area contributed by atoms with Gasteiger partial charge >= 0.3 is 24.7 Å². The van der Waals surface area contributed by atoms with Crippen molar-refractivity contribution in [3.63, 3.8) is 0 Å². The second kappa shape index (κ2) is 15.1. The first kappa shape index (κ1) is 42.2. The molecule has 0 heterocycles. The van der Waals surface area contributed by atoms with E-state index in [1.165, 1.54) is 48.5 Å². The Morgan fingerprint density at radius 1 is 0.390 bits per heavy atom. The lowest BCUT2D eigenvalue weighted by atomic mass is 9.98. The third kappa shape index (κ3) is 9.51. The van der Waals surface area contributed by atoms with Crippen LogP contribution in [0.25, 0.3) is 22.3 Å². The number of alkyl halides is 12. The van der Waals surface area contributed by atoms with Crippen molar-refractivity contribution in [1.29, 1.82) is 0 Å². The Hall–Kier alpha value is -6.37. The van der Waals surface area contributed by atoms with Crippen LogP contribution in [0.1, 0.15) is 22.3 Å². The number of sulfone groups is 1. The van der Waals surface area contributed by atoms with Gasteiger partial charge in [-0.25, -0.2) is 8.42 Å². The van der Waals surface area contributed by atoms with Gasteiger partial charge in [-0.1, -0.05) is 0 Å². The van der Waals surface area contributed by atoms with Crippen LogP contribution in [0, 0.1) is 0 Å². The van der Waals surface area contributed by atoms with Crippen molar-refractivity contribution in [1.82, 2.24) is 0 Å². The molecule has 0 aliphatic heterocycles. The van der Waals surface area contributed by atoms with Gasteiger partial charge in [0.2, 0.25) is 9.84 Å². The van der Waals surface area contributed by atoms with E-state index in [1.807, 2.05) is 0 Å². The van der Waals surface area contributed by atoms with Crippen LogP contribution in [0.5, 0.6) is 23.0 Å². The first-order chi connectivity index (χ1) is 27.3. The molecular weight excluding hydrogens is 832 g/mol. The fourth-order valence-corrected chi connectivity index (χ4v) is 6.98. The summed E-state index contributed by atoms with van der Waals surface area (Å²) in [6.45, 7) is 0. The molecule has 0 radical (unpaired) electrons. The summed E-state index contributed by atoms with van der Waals surface area (Å²) in [4.78, 5) is -1.55. The molecule has 0 saturated carbocycles. The predicted molar refractivity (Wildman–Crippen MR) is 191 cm³/mol. The van der Waals surface area contributed by atoms with Crippen molar-refractivity contribution in [2.45, 2.75) is 34.5 Å². The average Bonchev–Trinajstić information content (AvgIpc) is 3.15. The van der Waals surface area contributed by atoms with E-state index in [-0.39, 0.29) is 35.0 Å². The zero-order valence-electron chi connectivity index (χ0n) is 29.3. The molecule has 0 saturated heterocycles. The van der Waals surface area contributed by atoms with Crippen molar-refractivity contribution in [3.8, 4) is 45.3 Å². The predicted octanol–water partition coefficient (Wildman–Crippen LogP) is 12.7. The zero-order chi connectivity index (χ0) is 43.3. The molecule has 0 aromatic heterocycles. The molecule has 6 aromatic carbocycles. The summed E-state index contributed by atoms with van der Waals surface area (Å²) < 4.78 is 207. The molecule has 6 nitrogen and oxygen atoms in total. The van der Waals surface area contributed by atoms with E-state index >= 15 is 0 Å². The van der Waals surface area contributed by atoms with Crippen molar-refractivity contribution in [3.05, 3.63) is 144 Å². The highest BCUT2D eigenvalue weighted by Crippen LogP contribution is 2.45. The number of anilines is 2. The number of benzene rings is 6. The van der Waals surface area contributed by atoms with E-state index in [0.717, 1.165) is 24.3 Å². The molecule has 6 aromatic rings. The lowest BCUT2D eigenvalue weighted by Gasteiger charge is -2.19. The normalized spacial score (nSPS) is 12.7. The van der Waals surface area contributed by atoms with E-state index in [9.17, 15) is 61.1 Å². The molecule has 308 valence electrons. The highest BCUT2D eigenvalue weighted by atomic mass is 32.2. The summed E-state index contributed by atoms with van der Waals surface area (Å²) in [5.74, 6) is -0.866. The lowest BCUT2D eigenvalue weighted by molar-refractivity contribution is -0.144. The van der Waals surface area contributed by atoms with E-state index in [1.54, 1.807) is 0 Å². The van der Waals surface area contributed by atoms with Crippen LogP contribution in [0.4, 0.5) is 64.1 Å². The standard InChI is InChI=1S/C40H24F12N2O4S/c41-37(42,43)23-13-21(14-24(17-23)38(44,45)46)33-19-31(9-11-35(33)57-29-5-1-27(53)2-6-29)59(55,56)32-10-12-36(58-30-7-3-28(54)4-8-30)34(20-32)22-15-25(39(47,48)49)18-26(16-22)40(50,51)52/h1-20H,53-54H2. The zero-order valence-corrected chi connectivity index (χ0v) is 30.1. The highest BCUT2D eigenvalue weighted by molar-refractivity contribution is 7.91. The minimum absolute atomic E-state index is 0.0141. The summed E-state index contributed by atoms with van der Waals surface area (Å²) in [6.07, 6.45) is -21.2. The summed E-state index contributed by atoms with van der Waals surface area (Å²) in [6, 6.07) is 16.8. The van der Waals surface area contributed by atoms with Crippen LogP contribution < -0.4 is 20.9 Å². The Morgan fingerprint density at radius 2 is 0.678 bits per heavy atom. The van der Waals surface area contributed by atoms with Crippen molar-refractivity contribution in [2.75, 3.05) is 11.5 Å². The van der Waals surface area contributed by atoms with Gasteiger partial charge in [-0.2, -0.15) is 52.7 Å². The van der Waals surface area contributed by atoms with Crippen LogP contribution in [0.3, 0.4) is 0 Å². The highest BCUT2D eigenvalue weighted by Gasteiger charge is 2.39. The van der Waals surface area contributed by atoms with Gasteiger partial charge in [0.15, 0.2) is 0 Å². The third-order valence-electron chi connectivity index (χ3n) is 8.54. The maximum Gasteiger partial charge on any atom is 0.416 e. The SMILES string of the molecule is Nc1ccc(Oc2ccc(S(=O)(=O)c3ccc(Oc4ccc(N)cc4)c(-c4cc(C(F)(F)F)cc(C(F)(F)F)c4)c3)cc2-c2cc(C(F)(F)F)cc(C(F)(F)F)c2)cc1. The van der Waals surface area contributed by atoms with Crippen molar-refractivity contribution in [2.24, 2.45) is 0 Å². The van der Waals surface area contributed by atoms with E-state index in [2.05, 4.69) is 0 Å². The van der Waals surface area contributed by atoms with Gasteiger partial charge in [0.1, 0.15) is 23.0 Å². The van der Waals surface area contributed by atoms with E-state index < -0.39 is 100 Å². The van der Waals surface area contributed by atoms with Crippen LogP contribution in [0.15, 0.2) is 131 Å². The van der Waals surface area contributed by atoms with Gasteiger partial charge < -0.3 is 20.9 Å². The van der Waals surface area contributed by atoms with Gasteiger partial charge in [-0.05, 0) is 132 Å². The number of ether oxygens (including phenoxy) is 2. The molecular formula is C40H24F12N2O4S. The molecule has 0 amide bonds. The lowest BCUT2D eigenvalue weighted by Crippen LogP contribution is -2.11. The molecule has 0 bridgehead atoms. The molecule has 0 atom stereocenters. The van der Waals surface area contributed by atoms with Crippen LogP contribution in [-0.4, -0.2) is 8.42 Å². The molecule has 59 heavy (non-hydrogen) atoms. The van der Waals surface area contributed by atoms with E-state index in [0.29, 0.717) is 36.4 Å². The molecule has 0 fully saturated rings. The fraction of sp³-hybridized carbons (Fsp3) is 0.100. The molecule has 0 spiro atoms. The smallest absolute Gasteiger partial charge is 0.416 e. The number of nitrogen functional groups attached to an aromatic ring is 2. The third-order valence-corrected chi connectivity index (χ3v) is 10.3. The van der Waals surface area contributed by atoms with Gasteiger partial charge in [-0.15, -0.1) is 0 Å². The Morgan fingerprint density at radius 3 is 0.949 bits per heavy atom. The molecule has 0 aliphatic carbocycles. The maximum absolute atomic E-state index is 14.3. The Balaban J connectivity index is 1.57. The van der Waals surface area contributed by atoms with Gasteiger partial charge in [-0.3, -0.25) is 0 Å². The molecule has 19 heteroatoms.